The van der Waals surface area contributed by atoms with Crippen molar-refractivity contribution in [3.05, 3.63) is 35.4 Å². The Hall–Kier alpha value is -2.17. The fourth-order valence-electron chi connectivity index (χ4n) is 4.95. The van der Waals surface area contributed by atoms with Crippen molar-refractivity contribution >= 4 is 18.1 Å². The van der Waals surface area contributed by atoms with E-state index >= 15 is 0 Å². The number of Topliss-reactive ketones (excluding diaryl/α,β-unsaturated/α-hetero) is 1. The molecule has 0 aliphatic heterocycles. The van der Waals surface area contributed by atoms with Gasteiger partial charge < -0.3 is 15.4 Å². The predicted molar refractivity (Wildman–Crippen MR) is 107 cm³/mol. The van der Waals surface area contributed by atoms with Crippen LogP contribution in [0.25, 0.3) is 0 Å². The summed E-state index contributed by atoms with van der Waals surface area (Å²) in [5, 5.41) is 5.82. The molecule has 0 bridgehead atoms. The van der Waals surface area contributed by atoms with E-state index in [9.17, 15) is 14.4 Å². The topological polar surface area (TPSA) is 75.3 Å². The van der Waals surface area contributed by atoms with Gasteiger partial charge in [0.05, 0.1) is 12.1 Å². The Bertz CT molecular complexity index is 712. The monoisotopic (exact) mass is 382 g/mol. The van der Waals surface area contributed by atoms with Gasteiger partial charge in [0.1, 0.15) is 6.29 Å². The van der Waals surface area contributed by atoms with Gasteiger partial charge in [0, 0.05) is 5.92 Å². The van der Waals surface area contributed by atoms with Crippen molar-refractivity contribution in [1.82, 2.24) is 10.6 Å². The summed E-state index contributed by atoms with van der Waals surface area (Å²) in [6, 6.07) is 6.88. The first kappa shape index (κ1) is 19.2. The van der Waals surface area contributed by atoms with E-state index in [1.165, 1.54) is 17.5 Å². The van der Waals surface area contributed by atoms with Crippen LogP contribution in [-0.4, -0.2) is 30.2 Å². The highest BCUT2D eigenvalue weighted by atomic mass is 16.2. The molecule has 0 unspecified atom stereocenters. The zero-order valence-corrected chi connectivity index (χ0v) is 16.4. The lowest BCUT2D eigenvalue weighted by Crippen LogP contribution is -2.54. The van der Waals surface area contributed by atoms with Gasteiger partial charge in [-0.25, -0.2) is 4.79 Å². The van der Waals surface area contributed by atoms with Gasteiger partial charge in [-0.3, -0.25) is 4.79 Å². The molecule has 3 aliphatic rings. The van der Waals surface area contributed by atoms with E-state index in [2.05, 4.69) is 22.8 Å². The van der Waals surface area contributed by atoms with E-state index in [-0.39, 0.29) is 29.6 Å². The zero-order chi connectivity index (χ0) is 19.5. The van der Waals surface area contributed by atoms with Crippen LogP contribution in [0.15, 0.2) is 24.3 Å². The van der Waals surface area contributed by atoms with E-state index in [1.54, 1.807) is 0 Å². The van der Waals surface area contributed by atoms with Crippen molar-refractivity contribution in [2.75, 3.05) is 0 Å². The number of carbonyl (C=O) groups excluding carboxylic acids is 3. The third-order valence-electron chi connectivity index (χ3n) is 6.73. The number of aldehydes is 1. The second kappa shape index (κ2) is 8.46. The molecule has 28 heavy (non-hydrogen) atoms. The van der Waals surface area contributed by atoms with Crippen molar-refractivity contribution in [2.24, 2.45) is 17.8 Å². The van der Waals surface area contributed by atoms with E-state index in [4.69, 9.17) is 0 Å². The second-order valence-corrected chi connectivity index (χ2v) is 8.77. The lowest BCUT2D eigenvalue weighted by Gasteiger charge is -2.31. The molecule has 150 valence electrons. The maximum absolute atomic E-state index is 12.8. The van der Waals surface area contributed by atoms with Crippen LogP contribution in [0.1, 0.15) is 56.1 Å². The van der Waals surface area contributed by atoms with E-state index < -0.39 is 12.1 Å². The summed E-state index contributed by atoms with van der Waals surface area (Å²) in [5.74, 6) is 0.627. The Balaban J connectivity index is 1.38. The van der Waals surface area contributed by atoms with Crippen LogP contribution in [0.2, 0.25) is 0 Å². The first-order chi connectivity index (χ1) is 13.7. The number of fused-ring (bicyclic) bond motifs is 1. The highest BCUT2D eigenvalue weighted by Crippen LogP contribution is 2.35. The maximum atomic E-state index is 12.8. The fourth-order valence-corrected chi connectivity index (χ4v) is 4.95. The normalized spacial score (nSPS) is 22.1. The Morgan fingerprint density at radius 3 is 2.11 bits per heavy atom. The van der Waals surface area contributed by atoms with Crippen LogP contribution >= 0.6 is 0 Å². The molecular formula is C23H30N2O3. The molecule has 3 aliphatic carbocycles. The summed E-state index contributed by atoms with van der Waals surface area (Å²) in [4.78, 5) is 37.2. The molecule has 0 radical (unpaired) electrons. The summed E-state index contributed by atoms with van der Waals surface area (Å²) in [6.45, 7) is 0. The molecule has 0 saturated heterocycles. The molecule has 0 aromatic heterocycles. The quantitative estimate of drug-likeness (QED) is 0.711. The van der Waals surface area contributed by atoms with Gasteiger partial charge in [0.25, 0.3) is 0 Å². The smallest absolute Gasteiger partial charge is 0.315 e. The number of urea groups is 1. The van der Waals surface area contributed by atoms with Crippen LogP contribution in [0, 0.1) is 17.8 Å². The molecule has 0 spiro atoms. The van der Waals surface area contributed by atoms with Gasteiger partial charge in [-0.2, -0.15) is 0 Å². The highest BCUT2D eigenvalue weighted by molar-refractivity contribution is 5.92. The number of ketones is 1. The average Bonchev–Trinajstić information content (AvgIpc) is 3.49. The largest absolute Gasteiger partial charge is 0.328 e. The van der Waals surface area contributed by atoms with Gasteiger partial charge >= 0.3 is 6.03 Å². The second-order valence-electron chi connectivity index (χ2n) is 8.77. The molecule has 2 atom stereocenters. The summed E-state index contributed by atoms with van der Waals surface area (Å²) >= 11 is 0. The summed E-state index contributed by atoms with van der Waals surface area (Å²) < 4.78 is 0. The molecule has 2 saturated carbocycles. The van der Waals surface area contributed by atoms with Crippen molar-refractivity contribution in [3.63, 3.8) is 0 Å². The number of benzene rings is 1. The number of amides is 2. The minimum Gasteiger partial charge on any atom is -0.328 e. The van der Waals surface area contributed by atoms with Crippen LogP contribution in [0.4, 0.5) is 4.79 Å². The van der Waals surface area contributed by atoms with E-state index in [0.717, 1.165) is 57.7 Å². The van der Waals surface area contributed by atoms with Crippen molar-refractivity contribution in [2.45, 2.75) is 69.9 Å². The van der Waals surface area contributed by atoms with Crippen molar-refractivity contribution < 1.29 is 14.4 Å². The number of hydrogen-bond donors (Lipinski definition) is 2. The lowest BCUT2D eigenvalue weighted by atomic mass is 9.81. The van der Waals surface area contributed by atoms with Gasteiger partial charge in [0.15, 0.2) is 5.78 Å². The third kappa shape index (κ3) is 4.29. The number of nitrogens with one attached hydrogen (secondary N) is 2. The standard InChI is InChI=1S/C23H30N2O3/c26-14-20(19-12-17-8-4-5-9-18(17)13-19)24-23(28)25-21(22(27)16-10-11-16)15-6-2-1-3-7-15/h4-5,8-9,14-16,19-21H,1-3,6-7,10-13H2,(H2,24,25,28)/t20-,21+/m1/s1. The summed E-state index contributed by atoms with van der Waals surface area (Å²) in [7, 11) is 0. The van der Waals surface area contributed by atoms with Crippen LogP contribution < -0.4 is 10.6 Å². The van der Waals surface area contributed by atoms with Gasteiger partial charge in [-0.15, -0.1) is 0 Å². The number of rotatable bonds is 7. The molecule has 1 aromatic carbocycles. The molecule has 0 heterocycles. The Kier molecular flexibility index (Phi) is 5.79. The average molecular weight is 383 g/mol. The van der Waals surface area contributed by atoms with Crippen LogP contribution in [0.5, 0.6) is 0 Å². The Morgan fingerprint density at radius 2 is 1.54 bits per heavy atom. The first-order valence-electron chi connectivity index (χ1n) is 10.8. The van der Waals surface area contributed by atoms with Crippen molar-refractivity contribution in [3.8, 4) is 0 Å². The van der Waals surface area contributed by atoms with Gasteiger partial charge in [-0.1, -0.05) is 43.5 Å². The third-order valence-corrected chi connectivity index (χ3v) is 6.73. The van der Waals surface area contributed by atoms with E-state index in [1.807, 2.05) is 12.1 Å². The molecule has 2 N–H and O–H groups in total. The first-order valence-corrected chi connectivity index (χ1v) is 10.8. The molecule has 4 rings (SSSR count). The minimum absolute atomic E-state index is 0.0768. The van der Waals surface area contributed by atoms with E-state index in [0.29, 0.717) is 0 Å². The van der Waals surface area contributed by atoms with Crippen LogP contribution in [0.3, 0.4) is 0 Å². The fraction of sp³-hybridized carbons (Fsp3) is 0.609. The maximum Gasteiger partial charge on any atom is 0.315 e. The summed E-state index contributed by atoms with van der Waals surface area (Å²) in [5.41, 5.74) is 2.51. The predicted octanol–water partition coefficient (Wildman–Crippen LogP) is 3.20. The minimum atomic E-state index is -0.532. The van der Waals surface area contributed by atoms with Gasteiger partial charge in [-0.05, 0) is 61.5 Å². The van der Waals surface area contributed by atoms with Crippen LogP contribution in [-0.2, 0) is 22.4 Å². The lowest BCUT2D eigenvalue weighted by molar-refractivity contribution is -0.123. The molecule has 5 nitrogen and oxygen atoms in total. The van der Waals surface area contributed by atoms with Gasteiger partial charge in [0.2, 0.25) is 0 Å². The molecule has 2 fully saturated rings. The Morgan fingerprint density at radius 1 is 0.893 bits per heavy atom. The SMILES string of the molecule is O=C[C@@H](NC(=O)N[C@H](C(=O)C1CC1)C1CCCCC1)C1Cc2ccccc2C1. The Labute approximate surface area is 166 Å². The molecule has 2 amide bonds. The molecular weight excluding hydrogens is 352 g/mol. The number of hydrogen-bond acceptors (Lipinski definition) is 3. The van der Waals surface area contributed by atoms with Crippen molar-refractivity contribution in [1.29, 1.82) is 0 Å². The molecule has 1 aromatic rings. The summed E-state index contributed by atoms with van der Waals surface area (Å²) in [6.07, 6.45) is 9.79. The zero-order valence-electron chi connectivity index (χ0n) is 16.4. The highest BCUT2D eigenvalue weighted by Gasteiger charge is 2.40. The number of carbonyl (C=O) groups is 3. The molecule has 5 heteroatoms.